The highest BCUT2D eigenvalue weighted by atomic mass is 19.3. The predicted octanol–water partition coefficient (Wildman–Crippen LogP) is 3.49. The number of halogens is 4. The number of hydrogen-bond acceptors (Lipinski definition) is 4. The van der Waals surface area contributed by atoms with Crippen LogP contribution in [0.2, 0.25) is 0 Å². The Hall–Kier alpha value is -3.47. The Morgan fingerprint density at radius 3 is 2.57 bits per heavy atom. The third-order valence-corrected chi connectivity index (χ3v) is 7.33. The van der Waals surface area contributed by atoms with Crippen LogP contribution >= 0.6 is 0 Å². The number of pyridine rings is 1. The van der Waals surface area contributed by atoms with E-state index in [4.69, 9.17) is 4.84 Å². The number of aryl methyl sites for hydroxylation is 1. The Bertz CT molecular complexity index is 1280. The number of hydrogen-bond donors (Lipinski definition) is 1. The second kappa shape index (κ2) is 9.77. The van der Waals surface area contributed by atoms with E-state index in [1.807, 2.05) is 4.57 Å². The quantitative estimate of drug-likeness (QED) is 0.401. The maximum Gasteiger partial charge on any atom is 0.257 e. The van der Waals surface area contributed by atoms with Crippen molar-refractivity contribution in [1.29, 1.82) is 0 Å². The van der Waals surface area contributed by atoms with Gasteiger partial charge in [-0.1, -0.05) is 0 Å². The minimum Gasteiger partial charge on any atom is -0.325 e. The monoisotopic (exact) mass is 518 g/mol. The SMILES string of the molecule is CO[n+]1ccc(C2CN(C(C)C(=O)Nc3cn4c(n3)CCC4c3cc(F)cc(F)c3)CCC2(F)F)cc1. The van der Waals surface area contributed by atoms with E-state index in [2.05, 4.69) is 10.3 Å². The predicted molar refractivity (Wildman–Crippen MR) is 126 cm³/mol. The number of aromatic nitrogens is 3. The smallest absolute Gasteiger partial charge is 0.257 e. The number of benzene rings is 1. The van der Waals surface area contributed by atoms with Crippen molar-refractivity contribution in [3.05, 3.63) is 77.5 Å². The van der Waals surface area contributed by atoms with E-state index < -0.39 is 29.5 Å². The highest BCUT2D eigenvalue weighted by Crippen LogP contribution is 2.40. The molecule has 0 saturated carbocycles. The Kier molecular flexibility index (Phi) is 6.65. The van der Waals surface area contributed by atoms with Crippen LogP contribution in [-0.2, 0) is 11.2 Å². The molecule has 5 rings (SSSR count). The van der Waals surface area contributed by atoms with Crippen LogP contribution in [0, 0.1) is 11.6 Å². The second-order valence-electron chi connectivity index (χ2n) is 9.60. The third-order valence-electron chi connectivity index (χ3n) is 7.33. The first kappa shape index (κ1) is 25.2. The summed E-state index contributed by atoms with van der Waals surface area (Å²) in [7, 11) is 1.48. The van der Waals surface area contributed by atoms with Crippen LogP contribution in [0.3, 0.4) is 0 Å². The number of nitrogens with one attached hydrogen (secondary N) is 1. The standard InChI is InChI=1S/C26H27F4N5O2/c1-16(33-10-7-26(29,30)21(14-33)17-5-8-34(37-2)9-6-17)25(36)32-23-15-35-22(3-4-24(35)31-23)18-11-19(27)13-20(28)12-18/h5-6,8-9,11-13,15-16,21-22H,3-4,7,10,14H2,1-2H3/p+1. The Morgan fingerprint density at radius 2 is 1.89 bits per heavy atom. The lowest BCUT2D eigenvalue weighted by molar-refractivity contribution is -0.885. The van der Waals surface area contributed by atoms with Gasteiger partial charge in [-0.3, -0.25) is 14.5 Å². The number of piperidine rings is 1. The van der Waals surface area contributed by atoms with E-state index in [0.717, 1.165) is 6.07 Å². The molecule has 2 aromatic heterocycles. The minimum atomic E-state index is -2.90. The summed E-state index contributed by atoms with van der Waals surface area (Å²) in [5.74, 6) is -4.60. The molecular formula is C26H28F4N5O2+. The first-order valence-electron chi connectivity index (χ1n) is 12.2. The number of anilines is 1. The zero-order chi connectivity index (χ0) is 26.3. The van der Waals surface area contributed by atoms with Crippen LogP contribution in [0.25, 0.3) is 0 Å². The molecule has 1 fully saturated rings. The fraction of sp³-hybridized carbons (Fsp3) is 0.423. The summed E-state index contributed by atoms with van der Waals surface area (Å²) in [6.07, 6.45) is 5.68. The lowest BCUT2D eigenvalue weighted by Gasteiger charge is -2.40. The van der Waals surface area contributed by atoms with Crippen LogP contribution in [0.5, 0.6) is 0 Å². The lowest BCUT2D eigenvalue weighted by atomic mass is 9.87. The van der Waals surface area contributed by atoms with Crippen LogP contribution in [0.4, 0.5) is 23.4 Å². The number of carbonyl (C=O) groups is 1. The van der Waals surface area contributed by atoms with Gasteiger partial charge in [0.05, 0.1) is 18.0 Å². The van der Waals surface area contributed by atoms with E-state index in [1.54, 1.807) is 42.5 Å². The van der Waals surface area contributed by atoms with Gasteiger partial charge in [0.1, 0.15) is 24.6 Å². The van der Waals surface area contributed by atoms with E-state index in [9.17, 15) is 22.4 Å². The maximum absolute atomic E-state index is 14.8. The van der Waals surface area contributed by atoms with Crippen molar-refractivity contribution in [2.75, 3.05) is 25.5 Å². The first-order valence-corrected chi connectivity index (χ1v) is 12.2. The molecule has 3 aromatic rings. The zero-order valence-corrected chi connectivity index (χ0v) is 20.5. The van der Waals surface area contributed by atoms with Gasteiger partial charge < -0.3 is 9.88 Å². The van der Waals surface area contributed by atoms with Crippen LogP contribution in [-0.4, -0.2) is 52.5 Å². The second-order valence-corrected chi connectivity index (χ2v) is 9.60. The number of amides is 1. The maximum atomic E-state index is 14.8. The molecule has 0 bridgehead atoms. The van der Waals surface area contributed by atoms with Gasteiger partial charge in [0, 0.05) is 55.1 Å². The van der Waals surface area contributed by atoms with Crippen molar-refractivity contribution < 1.29 is 31.9 Å². The highest BCUT2D eigenvalue weighted by molar-refractivity contribution is 5.93. The van der Waals surface area contributed by atoms with Gasteiger partial charge in [0.2, 0.25) is 18.3 Å². The van der Waals surface area contributed by atoms with Crippen molar-refractivity contribution in [1.82, 2.24) is 14.5 Å². The topological polar surface area (TPSA) is 63.3 Å². The minimum absolute atomic E-state index is 0.0193. The van der Waals surface area contributed by atoms with Crippen molar-refractivity contribution >= 4 is 11.7 Å². The largest absolute Gasteiger partial charge is 0.325 e. The third kappa shape index (κ3) is 5.04. The highest BCUT2D eigenvalue weighted by Gasteiger charge is 2.46. The molecule has 3 atom stereocenters. The van der Waals surface area contributed by atoms with Gasteiger partial charge in [-0.2, -0.15) is 0 Å². The number of carbonyl (C=O) groups excluding carboxylic acids is 1. The lowest BCUT2D eigenvalue weighted by Crippen LogP contribution is -2.52. The molecular weight excluding hydrogens is 490 g/mol. The fourth-order valence-electron chi connectivity index (χ4n) is 5.25. The average molecular weight is 519 g/mol. The average Bonchev–Trinajstić information content (AvgIpc) is 3.43. The number of rotatable bonds is 6. The molecule has 0 spiro atoms. The summed E-state index contributed by atoms with van der Waals surface area (Å²) in [4.78, 5) is 24.3. The zero-order valence-electron chi connectivity index (χ0n) is 20.5. The van der Waals surface area contributed by atoms with Gasteiger partial charge in [-0.15, -0.1) is 0 Å². The molecule has 0 radical (unpaired) electrons. The Balaban J connectivity index is 1.28. The van der Waals surface area contributed by atoms with Gasteiger partial charge in [-0.25, -0.2) is 22.5 Å². The molecule has 196 valence electrons. The molecule has 1 amide bonds. The number of alkyl halides is 2. The van der Waals surface area contributed by atoms with Crippen LogP contribution in [0.1, 0.15) is 48.7 Å². The molecule has 1 aromatic carbocycles. The molecule has 11 heteroatoms. The molecule has 3 unspecified atom stereocenters. The number of imidazole rings is 1. The Morgan fingerprint density at radius 1 is 1.19 bits per heavy atom. The summed E-state index contributed by atoms with van der Waals surface area (Å²) in [6.45, 7) is 1.78. The van der Waals surface area contributed by atoms with Crippen molar-refractivity contribution in [3.8, 4) is 0 Å². The molecule has 1 N–H and O–H groups in total. The molecule has 0 aliphatic carbocycles. The number of likely N-dealkylation sites (tertiary alicyclic amines) is 1. The molecule has 2 aliphatic rings. The molecule has 37 heavy (non-hydrogen) atoms. The Labute approximate surface area is 211 Å². The molecule has 7 nitrogen and oxygen atoms in total. The molecule has 2 aliphatic heterocycles. The van der Waals surface area contributed by atoms with E-state index in [1.165, 1.54) is 24.0 Å². The first-order chi connectivity index (χ1) is 17.6. The summed E-state index contributed by atoms with van der Waals surface area (Å²) in [5.41, 5.74) is 0.970. The van der Waals surface area contributed by atoms with E-state index in [0.29, 0.717) is 35.6 Å². The number of nitrogens with zero attached hydrogens (tertiary/aromatic N) is 4. The summed E-state index contributed by atoms with van der Waals surface area (Å²) < 4.78 is 60.3. The van der Waals surface area contributed by atoms with Gasteiger partial charge in [0.25, 0.3) is 5.92 Å². The summed E-state index contributed by atoms with van der Waals surface area (Å²) in [6, 6.07) is 5.67. The van der Waals surface area contributed by atoms with Gasteiger partial charge >= 0.3 is 0 Å². The van der Waals surface area contributed by atoms with Crippen molar-refractivity contribution in [3.63, 3.8) is 0 Å². The van der Waals surface area contributed by atoms with Crippen LogP contribution in [0.15, 0.2) is 48.9 Å². The number of fused-ring (bicyclic) bond motifs is 1. The molecule has 1 saturated heterocycles. The van der Waals surface area contributed by atoms with E-state index in [-0.39, 0.29) is 31.5 Å². The normalized spacial score (nSPS) is 21.9. The fourth-order valence-corrected chi connectivity index (χ4v) is 5.25. The molecule has 4 heterocycles. The van der Waals surface area contributed by atoms with E-state index >= 15 is 0 Å². The van der Waals surface area contributed by atoms with Crippen molar-refractivity contribution in [2.45, 2.75) is 50.1 Å². The van der Waals surface area contributed by atoms with Crippen molar-refractivity contribution in [2.24, 2.45) is 0 Å². The van der Waals surface area contributed by atoms with Gasteiger partial charge in [-0.05, 0) is 36.6 Å². The summed E-state index contributed by atoms with van der Waals surface area (Å²) >= 11 is 0. The van der Waals surface area contributed by atoms with Crippen LogP contribution < -0.4 is 14.9 Å². The van der Waals surface area contributed by atoms with Gasteiger partial charge in [0.15, 0.2) is 5.82 Å². The summed E-state index contributed by atoms with van der Waals surface area (Å²) in [5, 5.41) is 2.79.